The number of benzene rings is 2. The fourth-order valence-corrected chi connectivity index (χ4v) is 4.89. The number of carbonyl (C=O) groups excluding carboxylic acids is 1. The van der Waals surface area contributed by atoms with Crippen molar-refractivity contribution < 1.29 is 14.6 Å². The van der Waals surface area contributed by atoms with E-state index < -0.39 is 5.91 Å². The predicted octanol–water partition coefficient (Wildman–Crippen LogP) is 7.33. The van der Waals surface area contributed by atoms with Crippen LogP contribution in [-0.2, 0) is 11.5 Å². The molecule has 0 spiro atoms. The van der Waals surface area contributed by atoms with Crippen molar-refractivity contribution in [1.82, 2.24) is 9.47 Å². The molecule has 0 bridgehead atoms. The first-order valence-corrected chi connectivity index (χ1v) is 13.0. The van der Waals surface area contributed by atoms with Gasteiger partial charge < -0.3 is 9.84 Å². The van der Waals surface area contributed by atoms with Gasteiger partial charge in [-0.05, 0) is 80.2 Å². The van der Waals surface area contributed by atoms with E-state index in [-0.39, 0.29) is 24.1 Å². The van der Waals surface area contributed by atoms with Crippen molar-refractivity contribution in [2.75, 3.05) is 19.7 Å². The maximum absolute atomic E-state index is 12.5. The lowest BCUT2D eigenvalue weighted by Crippen LogP contribution is -2.31. The molecule has 4 rings (SSSR count). The second-order valence-corrected chi connectivity index (χ2v) is 10.6. The molecule has 0 atom stereocenters. The number of halogens is 2. The smallest absolute Gasteiger partial charge is 0.302 e. The number of likely N-dealkylation sites (tertiary alicyclic amines) is 1. The maximum atomic E-state index is 12.5. The summed E-state index contributed by atoms with van der Waals surface area (Å²) in [6.07, 6.45) is 3.54. The lowest BCUT2D eigenvalue weighted by atomic mass is 10.0. The van der Waals surface area contributed by atoms with Crippen molar-refractivity contribution in [2.45, 2.75) is 52.6 Å². The first-order valence-electron chi connectivity index (χ1n) is 11.8. The third-order valence-electron chi connectivity index (χ3n) is 6.29. The molecule has 1 amide bonds. The SMILES string of the molecule is Cc1cc(OCC(=O)N=Nc2c(O)n(CN3CCCCC3)c3ccc(Br)cc23)c(C(C)C)cc1Cl. The zero-order chi connectivity index (χ0) is 25.1. The number of rotatable bonds is 7. The van der Waals surface area contributed by atoms with Crippen LogP contribution in [0, 0.1) is 6.92 Å². The van der Waals surface area contributed by atoms with Gasteiger partial charge in [-0.1, -0.05) is 47.8 Å². The van der Waals surface area contributed by atoms with Crippen LogP contribution in [0.15, 0.2) is 45.0 Å². The molecule has 7 nitrogen and oxygen atoms in total. The third-order valence-corrected chi connectivity index (χ3v) is 7.19. The molecule has 0 radical (unpaired) electrons. The van der Waals surface area contributed by atoms with E-state index in [4.69, 9.17) is 16.3 Å². The van der Waals surface area contributed by atoms with Gasteiger partial charge >= 0.3 is 5.91 Å². The van der Waals surface area contributed by atoms with Gasteiger partial charge in [0.2, 0.25) is 5.88 Å². The monoisotopic (exact) mass is 560 g/mol. The number of fused-ring (bicyclic) bond motifs is 1. The Bertz CT molecular complexity index is 1270. The first kappa shape index (κ1) is 25.7. The molecule has 9 heteroatoms. The summed E-state index contributed by atoms with van der Waals surface area (Å²) >= 11 is 9.75. The molecule has 35 heavy (non-hydrogen) atoms. The number of hydrogen-bond acceptors (Lipinski definition) is 5. The number of azo groups is 1. The average molecular weight is 562 g/mol. The van der Waals surface area contributed by atoms with E-state index in [1.165, 1.54) is 6.42 Å². The van der Waals surface area contributed by atoms with Crippen LogP contribution in [0.2, 0.25) is 5.02 Å². The highest BCUT2D eigenvalue weighted by molar-refractivity contribution is 9.10. The molecule has 1 N–H and O–H groups in total. The number of aromatic nitrogens is 1. The quantitative estimate of drug-likeness (QED) is 0.306. The van der Waals surface area contributed by atoms with E-state index in [9.17, 15) is 9.90 Å². The van der Waals surface area contributed by atoms with E-state index in [0.29, 0.717) is 17.4 Å². The van der Waals surface area contributed by atoms with Crippen LogP contribution in [-0.4, -0.2) is 40.2 Å². The Hall–Kier alpha value is -2.42. The number of aryl methyl sites for hydroxylation is 1. The molecule has 1 aliphatic heterocycles. The van der Waals surface area contributed by atoms with Gasteiger partial charge in [0.25, 0.3) is 0 Å². The molecule has 0 saturated carbocycles. The van der Waals surface area contributed by atoms with Crippen molar-refractivity contribution in [1.29, 1.82) is 0 Å². The van der Waals surface area contributed by atoms with Crippen LogP contribution in [0.5, 0.6) is 11.6 Å². The highest BCUT2D eigenvalue weighted by Gasteiger charge is 2.20. The zero-order valence-electron chi connectivity index (χ0n) is 20.2. The minimum Gasteiger partial charge on any atom is -0.493 e. The summed E-state index contributed by atoms with van der Waals surface area (Å²) in [6, 6.07) is 9.44. The fourth-order valence-electron chi connectivity index (χ4n) is 4.36. The van der Waals surface area contributed by atoms with Crippen LogP contribution in [0.3, 0.4) is 0 Å². The molecule has 1 saturated heterocycles. The van der Waals surface area contributed by atoms with E-state index >= 15 is 0 Å². The third kappa shape index (κ3) is 5.88. The van der Waals surface area contributed by atoms with Gasteiger partial charge in [0, 0.05) is 14.9 Å². The van der Waals surface area contributed by atoms with Crippen LogP contribution >= 0.6 is 27.5 Å². The van der Waals surface area contributed by atoms with E-state index in [2.05, 4.69) is 31.1 Å². The Kier molecular flexibility index (Phi) is 8.14. The zero-order valence-corrected chi connectivity index (χ0v) is 22.6. The molecule has 1 aromatic heterocycles. The summed E-state index contributed by atoms with van der Waals surface area (Å²) in [5, 5.41) is 20.4. The summed E-state index contributed by atoms with van der Waals surface area (Å²) < 4.78 is 8.46. The normalized spacial score (nSPS) is 14.9. The molecule has 0 aliphatic carbocycles. The number of aromatic hydroxyl groups is 1. The largest absolute Gasteiger partial charge is 0.493 e. The molecule has 2 heterocycles. The van der Waals surface area contributed by atoms with Crippen LogP contribution < -0.4 is 4.74 Å². The Balaban J connectivity index is 1.55. The minimum absolute atomic E-state index is 0.00318. The van der Waals surface area contributed by atoms with Crippen molar-refractivity contribution in [3.05, 3.63) is 51.0 Å². The van der Waals surface area contributed by atoms with Crippen LogP contribution in [0.4, 0.5) is 5.69 Å². The predicted molar refractivity (Wildman–Crippen MR) is 142 cm³/mol. The van der Waals surface area contributed by atoms with Crippen molar-refractivity contribution >= 4 is 50.0 Å². The number of piperidine rings is 1. The number of carbonyl (C=O) groups is 1. The summed E-state index contributed by atoms with van der Waals surface area (Å²) in [4.78, 5) is 14.9. The Morgan fingerprint density at radius 2 is 1.94 bits per heavy atom. The standard InChI is InChI=1S/C26H30BrClN4O3/c1-16(2)19-13-21(28)17(3)11-23(19)35-14-24(33)29-30-25-20-12-18(27)7-8-22(20)32(26(25)34)15-31-9-5-4-6-10-31/h7-8,11-13,16,34H,4-6,9-10,14-15H2,1-3H3. The molecule has 1 aliphatic rings. The lowest BCUT2D eigenvalue weighted by molar-refractivity contribution is -0.120. The van der Waals surface area contributed by atoms with E-state index in [1.807, 2.05) is 55.7 Å². The van der Waals surface area contributed by atoms with Crippen LogP contribution in [0.25, 0.3) is 10.9 Å². The van der Waals surface area contributed by atoms with E-state index in [1.54, 1.807) is 0 Å². The highest BCUT2D eigenvalue weighted by Crippen LogP contribution is 2.40. The van der Waals surface area contributed by atoms with Gasteiger partial charge in [-0.15, -0.1) is 10.2 Å². The maximum Gasteiger partial charge on any atom is 0.302 e. The molecule has 1 fully saturated rings. The Labute approximate surface area is 218 Å². The second kappa shape index (κ2) is 11.1. The van der Waals surface area contributed by atoms with Gasteiger partial charge in [0.1, 0.15) is 5.75 Å². The molecule has 0 unspecified atom stereocenters. The summed E-state index contributed by atoms with van der Waals surface area (Å²) in [5.74, 6) is 0.242. The van der Waals surface area contributed by atoms with Crippen molar-refractivity contribution in [3.8, 4) is 11.6 Å². The molecular formula is C26H30BrClN4O3. The van der Waals surface area contributed by atoms with Gasteiger partial charge in [0.05, 0.1) is 12.2 Å². The highest BCUT2D eigenvalue weighted by atomic mass is 79.9. The number of nitrogens with zero attached hydrogens (tertiary/aromatic N) is 4. The van der Waals surface area contributed by atoms with Gasteiger partial charge in [-0.3, -0.25) is 14.3 Å². The lowest BCUT2D eigenvalue weighted by Gasteiger charge is -2.27. The van der Waals surface area contributed by atoms with Crippen LogP contribution in [0.1, 0.15) is 50.2 Å². The average Bonchev–Trinajstić information content (AvgIpc) is 3.08. The molecule has 3 aromatic rings. The molecular weight excluding hydrogens is 532 g/mol. The summed E-state index contributed by atoms with van der Waals surface area (Å²) in [5.41, 5.74) is 2.91. The van der Waals surface area contributed by atoms with Crippen molar-refractivity contribution in [2.24, 2.45) is 10.2 Å². The second-order valence-electron chi connectivity index (χ2n) is 9.26. The fraction of sp³-hybridized carbons (Fsp3) is 0.423. The number of ether oxygens (including phenoxy) is 1. The Morgan fingerprint density at radius 3 is 2.66 bits per heavy atom. The summed E-state index contributed by atoms with van der Waals surface area (Å²) in [7, 11) is 0. The minimum atomic E-state index is -0.543. The van der Waals surface area contributed by atoms with Gasteiger partial charge in [0.15, 0.2) is 12.3 Å². The number of amides is 1. The van der Waals surface area contributed by atoms with Gasteiger partial charge in [-0.2, -0.15) is 0 Å². The molecule has 2 aromatic carbocycles. The first-order chi connectivity index (χ1) is 16.7. The molecule has 186 valence electrons. The summed E-state index contributed by atoms with van der Waals surface area (Å²) in [6.45, 7) is 8.24. The van der Waals surface area contributed by atoms with Crippen molar-refractivity contribution in [3.63, 3.8) is 0 Å². The number of hydrogen-bond donors (Lipinski definition) is 1. The van der Waals surface area contributed by atoms with Gasteiger partial charge in [-0.25, -0.2) is 0 Å². The topological polar surface area (TPSA) is 79.4 Å². The van der Waals surface area contributed by atoms with E-state index in [0.717, 1.165) is 52.4 Å². The Morgan fingerprint density at radius 1 is 1.20 bits per heavy atom.